The van der Waals surface area contributed by atoms with E-state index in [1.165, 1.54) is 5.56 Å². The molecule has 0 saturated carbocycles. The topological polar surface area (TPSA) is 68.2 Å². The van der Waals surface area contributed by atoms with E-state index in [1.807, 2.05) is 24.3 Å². The number of benzene rings is 1. The largest absolute Gasteiger partial charge is 0.325 e. The smallest absolute Gasteiger partial charge is 0.240 e. The average molecular weight is 406 g/mol. The Morgan fingerprint density at radius 3 is 2.76 bits per heavy atom. The number of hydrogen-bond acceptors (Lipinski definition) is 4. The molecule has 0 aromatic heterocycles. The van der Waals surface area contributed by atoms with Crippen LogP contribution in [0.25, 0.3) is 0 Å². The Morgan fingerprint density at radius 2 is 2.08 bits per heavy atom. The van der Waals surface area contributed by atoms with E-state index in [9.17, 15) is 4.79 Å². The molecular weight excluding hydrogens is 383 g/mol. The first-order valence-electron chi connectivity index (χ1n) is 8.08. The Bertz CT molecular complexity index is 605. The van der Waals surface area contributed by atoms with Crippen molar-refractivity contribution in [3.63, 3.8) is 0 Å². The van der Waals surface area contributed by atoms with E-state index in [0.29, 0.717) is 6.54 Å². The third-order valence-corrected chi connectivity index (χ3v) is 4.87. The molecule has 1 aromatic rings. The maximum Gasteiger partial charge on any atom is 0.240 e. The standard InChI is InChI=1S/C17H21ClN4O.2ClH/c18-13-5-3-12(4-6-13)10-20-14-8-16(21-11-14)17(23)22-7-1-2-15(22)9-19;;/h3-6,14-16,20-21H,1-2,7-8,10-11H2;2*1H/t14-,15-,16-;;/m0../s1. The van der Waals surface area contributed by atoms with Crippen molar-refractivity contribution in [2.45, 2.75) is 43.9 Å². The summed E-state index contributed by atoms with van der Waals surface area (Å²) in [6, 6.07) is 9.85. The Labute approximate surface area is 165 Å². The average Bonchev–Trinajstić information content (AvgIpc) is 3.23. The Morgan fingerprint density at radius 1 is 1.36 bits per heavy atom. The van der Waals surface area contributed by atoms with E-state index >= 15 is 0 Å². The van der Waals surface area contributed by atoms with Gasteiger partial charge in [0.1, 0.15) is 6.04 Å². The SMILES string of the molecule is Cl.Cl.N#C[C@@H]1CCCN1C(=O)[C@@H]1C[C@H](NCc2ccc(Cl)cc2)CN1. The molecule has 3 rings (SSSR count). The van der Waals surface area contributed by atoms with Crippen LogP contribution in [0.1, 0.15) is 24.8 Å². The van der Waals surface area contributed by atoms with Gasteiger partial charge in [-0.25, -0.2) is 0 Å². The van der Waals surface area contributed by atoms with E-state index in [0.717, 1.165) is 37.4 Å². The zero-order chi connectivity index (χ0) is 16.2. The number of nitrogens with zero attached hydrogens (tertiary/aromatic N) is 2. The van der Waals surface area contributed by atoms with Crippen LogP contribution < -0.4 is 10.6 Å². The number of nitriles is 1. The summed E-state index contributed by atoms with van der Waals surface area (Å²) in [5, 5.41) is 16.6. The molecular formula is C17H23Cl3N4O. The second-order valence-corrected chi connectivity index (χ2v) is 6.66. The van der Waals surface area contributed by atoms with Crippen molar-refractivity contribution in [2.75, 3.05) is 13.1 Å². The predicted molar refractivity (Wildman–Crippen MR) is 103 cm³/mol. The first kappa shape index (κ1) is 22.0. The van der Waals surface area contributed by atoms with Crippen molar-refractivity contribution in [1.82, 2.24) is 15.5 Å². The van der Waals surface area contributed by atoms with Gasteiger partial charge in [-0.1, -0.05) is 23.7 Å². The lowest BCUT2D eigenvalue weighted by molar-refractivity contribution is -0.133. The van der Waals surface area contributed by atoms with Gasteiger partial charge in [0.2, 0.25) is 5.91 Å². The molecule has 138 valence electrons. The molecule has 0 bridgehead atoms. The number of amides is 1. The van der Waals surface area contributed by atoms with Crippen LogP contribution in [0.2, 0.25) is 5.02 Å². The quantitative estimate of drug-likeness (QED) is 0.807. The number of nitrogens with one attached hydrogen (secondary N) is 2. The summed E-state index contributed by atoms with van der Waals surface area (Å²) < 4.78 is 0. The molecule has 5 nitrogen and oxygen atoms in total. The van der Waals surface area contributed by atoms with Gasteiger partial charge in [0.25, 0.3) is 0 Å². The number of halogens is 3. The molecule has 1 amide bonds. The molecule has 1 aromatic carbocycles. The molecule has 2 fully saturated rings. The lowest BCUT2D eigenvalue weighted by Gasteiger charge is -2.23. The number of likely N-dealkylation sites (tertiary alicyclic amines) is 1. The highest BCUT2D eigenvalue weighted by Crippen LogP contribution is 2.20. The molecule has 0 aliphatic carbocycles. The molecule has 2 N–H and O–H groups in total. The lowest BCUT2D eigenvalue weighted by Crippen LogP contribution is -2.45. The normalized spacial score (nSPS) is 25.0. The van der Waals surface area contributed by atoms with E-state index in [2.05, 4.69) is 16.7 Å². The van der Waals surface area contributed by atoms with E-state index < -0.39 is 0 Å². The van der Waals surface area contributed by atoms with Crippen molar-refractivity contribution >= 4 is 42.3 Å². The van der Waals surface area contributed by atoms with Gasteiger partial charge >= 0.3 is 0 Å². The van der Waals surface area contributed by atoms with Crippen molar-refractivity contribution in [3.05, 3.63) is 34.9 Å². The van der Waals surface area contributed by atoms with Crippen molar-refractivity contribution < 1.29 is 4.79 Å². The molecule has 8 heteroatoms. The zero-order valence-electron chi connectivity index (χ0n) is 13.8. The minimum absolute atomic E-state index is 0. The van der Waals surface area contributed by atoms with Crippen LogP contribution in [0.3, 0.4) is 0 Å². The summed E-state index contributed by atoms with van der Waals surface area (Å²) in [6.07, 6.45) is 2.49. The van der Waals surface area contributed by atoms with Gasteiger partial charge in [0, 0.05) is 30.7 Å². The van der Waals surface area contributed by atoms with Gasteiger partial charge in [0.15, 0.2) is 0 Å². The fraction of sp³-hybridized carbons (Fsp3) is 0.529. The summed E-state index contributed by atoms with van der Waals surface area (Å²) >= 11 is 5.88. The Kier molecular flexibility index (Phi) is 8.98. The molecule has 2 aliphatic rings. The maximum atomic E-state index is 12.5. The molecule has 0 spiro atoms. The monoisotopic (exact) mass is 404 g/mol. The number of hydrogen-bond donors (Lipinski definition) is 2. The number of rotatable bonds is 4. The zero-order valence-corrected chi connectivity index (χ0v) is 16.2. The van der Waals surface area contributed by atoms with Crippen LogP contribution in [-0.4, -0.2) is 42.0 Å². The number of carbonyl (C=O) groups excluding carboxylic acids is 1. The van der Waals surface area contributed by atoms with Gasteiger partial charge in [-0.3, -0.25) is 4.79 Å². The van der Waals surface area contributed by atoms with Gasteiger partial charge in [0.05, 0.1) is 12.1 Å². The third kappa shape index (κ3) is 5.47. The van der Waals surface area contributed by atoms with Crippen LogP contribution in [0.15, 0.2) is 24.3 Å². The summed E-state index contributed by atoms with van der Waals surface area (Å²) in [5.74, 6) is 0.0739. The minimum atomic E-state index is -0.245. The van der Waals surface area contributed by atoms with Gasteiger partial charge in [-0.2, -0.15) is 5.26 Å². The lowest BCUT2D eigenvalue weighted by atomic mass is 10.1. The van der Waals surface area contributed by atoms with Crippen molar-refractivity contribution in [1.29, 1.82) is 5.26 Å². The second-order valence-electron chi connectivity index (χ2n) is 6.22. The van der Waals surface area contributed by atoms with Crippen LogP contribution in [-0.2, 0) is 11.3 Å². The summed E-state index contributed by atoms with van der Waals surface area (Å²) in [6.45, 7) is 2.24. The van der Waals surface area contributed by atoms with Crippen LogP contribution in [0.4, 0.5) is 0 Å². The van der Waals surface area contributed by atoms with E-state index in [-0.39, 0.29) is 48.8 Å². The number of carbonyl (C=O) groups is 1. The van der Waals surface area contributed by atoms with Gasteiger partial charge < -0.3 is 15.5 Å². The third-order valence-electron chi connectivity index (χ3n) is 4.62. The van der Waals surface area contributed by atoms with Gasteiger partial charge in [-0.05, 0) is 37.0 Å². The predicted octanol–water partition coefficient (Wildman–Crippen LogP) is 2.52. The molecule has 2 saturated heterocycles. The maximum absolute atomic E-state index is 12.5. The molecule has 2 heterocycles. The van der Waals surface area contributed by atoms with E-state index in [4.69, 9.17) is 16.9 Å². The first-order chi connectivity index (χ1) is 11.2. The summed E-state index contributed by atoms with van der Waals surface area (Å²) in [7, 11) is 0. The summed E-state index contributed by atoms with van der Waals surface area (Å²) in [4.78, 5) is 14.3. The van der Waals surface area contributed by atoms with Crippen LogP contribution in [0.5, 0.6) is 0 Å². The molecule has 0 unspecified atom stereocenters. The van der Waals surface area contributed by atoms with E-state index in [1.54, 1.807) is 4.90 Å². The molecule has 0 radical (unpaired) electrons. The second kappa shape index (κ2) is 10.2. The summed E-state index contributed by atoms with van der Waals surface area (Å²) in [5.41, 5.74) is 1.17. The Balaban J connectivity index is 0.00000156. The highest BCUT2D eigenvalue weighted by Gasteiger charge is 2.36. The fourth-order valence-corrected chi connectivity index (χ4v) is 3.43. The van der Waals surface area contributed by atoms with Crippen LogP contribution in [0, 0.1) is 11.3 Å². The highest BCUT2D eigenvalue weighted by atomic mass is 35.5. The first-order valence-corrected chi connectivity index (χ1v) is 8.46. The molecule has 3 atom stereocenters. The molecule has 25 heavy (non-hydrogen) atoms. The van der Waals surface area contributed by atoms with Crippen molar-refractivity contribution in [2.24, 2.45) is 0 Å². The highest BCUT2D eigenvalue weighted by molar-refractivity contribution is 6.30. The Hall–Kier alpha value is -1.03. The van der Waals surface area contributed by atoms with Gasteiger partial charge in [-0.15, -0.1) is 24.8 Å². The van der Waals surface area contributed by atoms with Crippen LogP contribution >= 0.6 is 36.4 Å². The fourth-order valence-electron chi connectivity index (χ4n) is 3.31. The van der Waals surface area contributed by atoms with Crippen molar-refractivity contribution in [3.8, 4) is 6.07 Å². The minimum Gasteiger partial charge on any atom is -0.325 e. The molecule has 2 aliphatic heterocycles.